The second-order valence-corrected chi connectivity index (χ2v) is 3.65. The molecule has 78 valence electrons. The Balaban J connectivity index is 2.67. The topological polar surface area (TPSA) is 71.2 Å². The van der Waals surface area contributed by atoms with Crippen LogP contribution >= 0.6 is 0 Å². The molecule has 4 nitrogen and oxygen atoms in total. The maximum absolute atomic E-state index is 9.12. The molecule has 0 saturated heterocycles. The fourth-order valence-electron chi connectivity index (χ4n) is 1.18. The summed E-state index contributed by atoms with van der Waals surface area (Å²) >= 11 is 0. The summed E-state index contributed by atoms with van der Waals surface area (Å²) in [5.41, 5.74) is 6.43. The average Bonchev–Trinajstić information content (AvgIpc) is 2.14. The summed E-state index contributed by atoms with van der Waals surface area (Å²) in [6, 6.07) is 3.64. The van der Waals surface area contributed by atoms with Crippen LogP contribution in [0.25, 0.3) is 0 Å². The number of aromatic nitrogens is 1. The van der Waals surface area contributed by atoms with Gasteiger partial charge in [0.2, 0.25) is 0 Å². The van der Waals surface area contributed by atoms with Crippen molar-refractivity contribution in [1.29, 1.82) is 0 Å². The summed E-state index contributed by atoms with van der Waals surface area (Å²) in [5.74, 6) is 0.852. The molecule has 1 unspecified atom stereocenters. The van der Waals surface area contributed by atoms with Crippen molar-refractivity contribution in [2.24, 2.45) is 5.92 Å². The molecule has 14 heavy (non-hydrogen) atoms. The molecule has 0 aromatic carbocycles. The first-order valence-corrected chi connectivity index (χ1v) is 4.72. The molecule has 4 heteroatoms. The van der Waals surface area contributed by atoms with Crippen molar-refractivity contribution in [3.63, 3.8) is 0 Å². The molecule has 4 N–H and O–H groups in total. The van der Waals surface area contributed by atoms with Gasteiger partial charge in [-0.2, -0.15) is 0 Å². The van der Waals surface area contributed by atoms with Crippen LogP contribution in [-0.2, 0) is 0 Å². The lowest BCUT2D eigenvalue weighted by atomic mass is 10.1. The van der Waals surface area contributed by atoms with Gasteiger partial charge in [-0.05, 0) is 12.0 Å². The number of aliphatic hydroxyl groups excluding tert-OH is 1. The molecule has 0 spiro atoms. The summed E-state index contributed by atoms with van der Waals surface area (Å²) in [6.07, 6.45) is 1.65. The predicted molar refractivity (Wildman–Crippen MR) is 58.0 cm³/mol. The zero-order chi connectivity index (χ0) is 10.6. The maximum atomic E-state index is 9.12. The zero-order valence-electron chi connectivity index (χ0n) is 8.57. The number of pyridine rings is 1. The van der Waals surface area contributed by atoms with E-state index in [1.807, 2.05) is 6.07 Å². The van der Waals surface area contributed by atoms with E-state index >= 15 is 0 Å². The molecule has 0 saturated carbocycles. The zero-order valence-corrected chi connectivity index (χ0v) is 8.57. The van der Waals surface area contributed by atoms with E-state index in [4.69, 9.17) is 10.8 Å². The molecule has 1 atom stereocenters. The number of hydrogen-bond acceptors (Lipinski definition) is 4. The number of aliphatic hydroxyl groups is 1. The molecular weight excluding hydrogens is 178 g/mol. The van der Waals surface area contributed by atoms with Crippen molar-refractivity contribution < 1.29 is 5.11 Å². The van der Waals surface area contributed by atoms with Crippen LogP contribution in [0.1, 0.15) is 13.8 Å². The van der Waals surface area contributed by atoms with Crippen LogP contribution in [0.4, 0.5) is 11.5 Å². The first kappa shape index (κ1) is 10.8. The number of hydrogen-bond donors (Lipinski definition) is 3. The number of nitrogens with one attached hydrogen (secondary N) is 1. The predicted octanol–water partition coefficient (Wildman–Crippen LogP) is 1.09. The summed E-state index contributed by atoms with van der Waals surface area (Å²) in [5, 5.41) is 12.3. The van der Waals surface area contributed by atoms with Crippen molar-refractivity contribution in [2.45, 2.75) is 19.9 Å². The van der Waals surface area contributed by atoms with E-state index in [1.54, 1.807) is 12.3 Å². The minimum atomic E-state index is 0.0526. The van der Waals surface area contributed by atoms with Crippen molar-refractivity contribution in [1.82, 2.24) is 4.98 Å². The number of nitrogens with two attached hydrogens (primary N) is 1. The number of anilines is 2. The van der Waals surface area contributed by atoms with Gasteiger partial charge in [0.1, 0.15) is 5.82 Å². The molecular formula is C10H17N3O. The quantitative estimate of drug-likeness (QED) is 0.672. The van der Waals surface area contributed by atoms with Crippen molar-refractivity contribution in [2.75, 3.05) is 17.7 Å². The Kier molecular flexibility index (Phi) is 3.71. The van der Waals surface area contributed by atoms with Crippen LogP contribution in [0.2, 0.25) is 0 Å². The normalized spacial score (nSPS) is 12.9. The molecule has 0 radical (unpaired) electrons. The lowest BCUT2D eigenvalue weighted by Gasteiger charge is -2.21. The smallest absolute Gasteiger partial charge is 0.125 e. The molecule has 0 aliphatic carbocycles. The Bertz CT molecular complexity index is 288. The lowest BCUT2D eigenvalue weighted by molar-refractivity contribution is 0.249. The molecule has 0 aliphatic heterocycles. The standard InChI is InChI=1S/C10H17N3O/c1-7(2)9(6-14)13-8-3-4-12-10(11)5-8/h3-5,7,9,14H,6H2,1-2H3,(H3,11,12,13). The molecule has 1 rings (SSSR count). The van der Waals surface area contributed by atoms with E-state index in [0.717, 1.165) is 5.69 Å². The van der Waals surface area contributed by atoms with Gasteiger partial charge in [0.25, 0.3) is 0 Å². The van der Waals surface area contributed by atoms with E-state index in [-0.39, 0.29) is 12.6 Å². The van der Waals surface area contributed by atoms with Crippen LogP contribution in [-0.4, -0.2) is 22.7 Å². The lowest BCUT2D eigenvalue weighted by Crippen LogP contribution is -2.29. The summed E-state index contributed by atoms with van der Waals surface area (Å²) in [4.78, 5) is 3.89. The first-order valence-electron chi connectivity index (χ1n) is 4.72. The molecule has 0 amide bonds. The van der Waals surface area contributed by atoms with Gasteiger partial charge in [0, 0.05) is 18.0 Å². The Morgan fingerprint density at radius 3 is 2.79 bits per heavy atom. The van der Waals surface area contributed by atoms with E-state index in [1.165, 1.54) is 0 Å². The Morgan fingerprint density at radius 1 is 1.57 bits per heavy atom. The highest BCUT2D eigenvalue weighted by molar-refractivity contribution is 5.50. The SMILES string of the molecule is CC(C)C(CO)Nc1ccnc(N)c1. The van der Waals surface area contributed by atoms with E-state index in [0.29, 0.717) is 11.7 Å². The van der Waals surface area contributed by atoms with E-state index in [2.05, 4.69) is 24.1 Å². The Labute approximate surface area is 84.2 Å². The third kappa shape index (κ3) is 2.88. The number of nitrogen functional groups attached to an aromatic ring is 1. The van der Waals surface area contributed by atoms with Crippen LogP contribution in [0, 0.1) is 5.92 Å². The Morgan fingerprint density at radius 2 is 2.29 bits per heavy atom. The van der Waals surface area contributed by atoms with Gasteiger partial charge in [-0.1, -0.05) is 13.8 Å². The summed E-state index contributed by atoms with van der Waals surface area (Å²) < 4.78 is 0. The van der Waals surface area contributed by atoms with Crippen molar-refractivity contribution in [3.8, 4) is 0 Å². The molecule has 1 heterocycles. The fourth-order valence-corrected chi connectivity index (χ4v) is 1.18. The number of nitrogens with zero attached hydrogens (tertiary/aromatic N) is 1. The summed E-state index contributed by atoms with van der Waals surface area (Å²) in [7, 11) is 0. The van der Waals surface area contributed by atoms with Gasteiger partial charge in [0.05, 0.1) is 12.6 Å². The van der Waals surface area contributed by atoms with Gasteiger partial charge in [0.15, 0.2) is 0 Å². The fraction of sp³-hybridized carbons (Fsp3) is 0.500. The van der Waals surface area contributed by atoms with Crippen LogP contribution < -0.4 is 11.1 Å². The van der Waals surface area contributed by atoms with Gasteiger partial charge in [-0.25, -0.2) is 4.98 Å². The molecule has 1 aromatic heterocycles. The molecule has 0 bridgehead atoms. The first-order chi connectivity index (χ1) is 6.63. The number of rotatable bonds is 4. The van der Waals surface area contributed by atoms with Crippen LogP contribution in [0.5, 0.6) is 0 Å². The minimum Gasteiger partial charge on any atom is -0.394 e. The van der Waals surface area contributed by atoms with E-state index < -0.39 is 0 Å². The van der Waals surface area contributed by atoms with Gasteiger partial charge >= 0.3 is 0 Å². The van der Waals surface area contributed by atoms with Crippen LogP contribution in [0.3, 0.4) is 0 Å². The summed E-state index contributed by atoms with van der Waals surface area (Å²) in [6.45, 7) is 4.22. The second kappa shape index (κ2) is 4.81. The maximum Gasteiger partial charge on any atom is 0.125 e. The largest absolute Gasteiger partial charge is 0.394 e. The van der Waals surface area contributed by atoms with Crippen molar-refractivity contribution >= 4 is 11.5 Å². The second-order valence-electron chi connectivity index (χ2n) is 3.65. The highest BCUT2D eigenvalue weighted by Crippen LogP contribution is 2.13. The highest BCUT2D eigenvalue weighted by Gasteiger charge is 2.11. The molecule has 1 aromatic rings. The van der Waals surface area contributed by atoms with Gasteiger partial charge in [-0.3, -0.25) is 0 Å². The Hall–Kier alpha value is -1.29. The highest BCUT2D eigenvalue weighted by atomic mass is 16.3. The van der Waals surface area contributed by atoms with Crippen molar-refractivity contribution in [3.05, 3.63) is 18.3 Å². The monoisotopic (exact) mass is 195 g/mol. The molecule has 0 aliphatic rings. The third-order valence-electron chi connectivity index (χ3n) is 2.13. The van der Waals surface area contributed by atoms with Crippen LogP contribution in [0.15, 0.2) is 18.3 Å². The van der Waals surface area contributed by atoms with E-state index in [9.17, 15) is 0 Å². The van der Waals surface area contributed by atoms with Gasteiger partial charge in [-0.15, -0.1) is 0 Å². The molecule has 0 fully saturated rings. The third-order valence-corrected chi connectivity index (χ3v) is 2.13. The average molecular weight is 195 g/mol. The minimum absolute atomic E-state index is 0.0526. The van der Waals surface area contributed by atoms with Gasteiger partial charge < -0.3 is 16.2 Å².